The molecule has 198 valence electrons. The lowest BCUT2D eigenvalue weighted by atomic mass is 9.91. The first kappa shape index (κ1) is 26.6. The van der Waals surface area contributed by atoms with Gasteiger partial charge in [0, 0.05) is 18.3 Å². The molecule has 4 rings (SSSR count). The Bertz CT molecular complexity index is 1360. The fourth-order valence-corrected chi connectivity index (χ4v) is 3.67. The first-order valence-corrected chi connectivity index (χ1v) is 11.4. The topological polar surface area (TPSA) is 198 Å². The van der Waals surface area contributed by atoms with E-state index in [4.69, 9.17) is 30.3 Å². The number of carbonyl (C=O) groups excluding carboxylic acids is 2. The molecule has 1 amide bonds. The molecule has 0 aliphatic carbocycles. The Balaban J connectivity index is 1.76. The molecule has 3 heterocycles. The van der Waals surface area contributed by atoms with E-state index in [2.05, 4.69) is 25.3 Å². The van der Waals surface area contributed by atoms with Crippen molar-refractivity contribution in [2.45, 2.75) is 12.7 Å². The van der Waals surface area contributed by atoms with Gasteiger partial charge in [0.25, 0.3) is 5.91 Å². The van der Waals surface area contributed by atoms with Crippen LogP contribution in [0.2, 0.25) is 0 Å². The van der Waals surface area contributed by atoms with Crippen LogP contribution in [0.1, 0.15) is 12.7 Å². The maximum atomic E-state index is 13.6. The number of amides is 1. The van der Waals surface area contributed by atoms with Crippen LogP contribution in [0.5, 0.6) is 0 Å². The van der Waals surface area contributed by atoms with Crippen molar-refractivity contribution >= 4 is 17.8 Å². The lowest BCUT2D eigenvalue weighted by Gasteiger charge is -2.40. The van der Waals surface area contributed by atoms with E-state index in [0.717, 1.165) is 0 Å². The number of imidazole rings is 1. The van der Waals surface area contributed by atoms with E-state index in [1.807, 2.05) is 0 Å². The number of nitrogens with one attached hydrogen (secondary N) is 2. The molecule has 0 atom stereocenters. The standard InChI is InChI=1S/C24H24FN7O6/c1-23(21(35)36-11-7-26)12-37-24(19(27)34,38-13-23)20-31-17(14-2-4-15(25)5-3-14)18(32-20)16-6-8-28-22(30-16)29-9-10-33/h2-6,8,33H,9-13H2,1H3,(H2,27,34)(H,31,32)(H,28,29,30). The van der Waals surface area contributed by atoms with Gasteiger partial charge in [-0.25, -0.2) is 19.3 Å². The fraction of sp³-hybridized carbons (Fsp3) is 0.333. The molecule has 1 fully saturated rings. The molecule has 13 nitrogen and oxygen atoms in total. The third kappa shape index (κ3) is 5.16. The lowest BCUT2D eigenvalue weighted by molar-refractivity contribution is -0.293. The summed E-state index contributed by atoms with van der Waals surface area (Å²) in [5, 5.41) is 20.6. The molecule has 0 spiro atoms. The van der Waals surface area contributed by atoms with Gasteiger partial charge in [-0.15, -0.1) is 0 Å². The Morgan fingerprint density at radius 3 is 2.61 bits per heavy atom. The van der Waals surface area contributed by atoms with Crippen molar-refractivity contribution in [2.75, 3.05) is 38.3 Å². The van der Waals surface area contributed by atoms with E-state index in [-0.39, 0.29) is 43.8 Å². The average molecular weight is 525 g/mol. The highest BCUT2D eigenvalue weighted by atomic mass is 19.1. The number of aliphatic hydroxyl groups is 1. The smallest absolute Gasteiger partial charge is 0.317 e. The zero-order valence-corrected chi connectivity index (χ0v) is 20.2. The lowest BCUT2D eigenvalue weighted by Crippen LogP contribution is -2.56. The minimum absolute atomic E-state index is 0.129. The number of hydrogen-bond acceptors (Lipinski definition) is 11. The minimum atomic E-state index is -2.20. The van der Waals surface area contributed by atoms with Gasteiger partial charge in [-0.05, 0) is 37.3 Å². The first-order chi connectivity index (χ1) is 18.2. The number of hydrogen-bond donors (Lipinski definition) is 4. The summed E-state index contributed by atoms with van der Waals surface area (Å²) in [6.07, 6.45) is 1.48. The molecule has 14 heteroatoms. The normalized spacial score (nSPS) is 20.9. The molecule has 3 aromatic rings. The summed E-state index contributed by atoms with van der Waals surface area (Å²) in [6.45, 7) is 0.463. The predicted octanol–water partition coefficient (Wildman–Crippen LogP) is 0.835. The number of nitriles is 1. The van der Waals surface area contributed by atoms with Crippen molar-refractivity contribution < 1.29 is 33.3 Å². The van der Waals surface area contributed by atoms with E-state index in [9.17, 15) is 14.0 Å². The van der Waals surface area contributed by atoms with Crippen molar-refractivity contribution in [2.24, 2.45) is 11.1 Å². The van der Waals surface area contributed by atoms with Gasteiger partial charge in [-0.1, -0.05) is 0 Å². The number of benzene rings is 1. The van der Waals surface area contributed by atoms with Gasteiger partial charge in [0.2, 0.25) is 5.95 Å². The van der Waals surface area contributed by atoms with E-state index in [1.54, 1.807) is 12.1 Å². The number of aliphatic hydroxyl groups excluding tert-OH is 1. The van der Waals surface area contributed by atoms with E-state index in [0.29, 0.717) is 17.0 Å². The molecule has 2 aromatic heterocycles. The summed E-state index contributed by atoms with van der Waals surface area (Å²) < 4.78 is 30.0. The molecule has 0 unspecified atom stereocenters. The summed E-state index contributed by atoms with van der Waals surface area (Å²) in [5.41, 5.74) is 5.80. The van der Waals surface area contributed by atoms with Gasteiger partial charge in [0.05, 0.1) is 36.9 Å². The zero-order valence-electron chi connectivity index (χ0n) is 20.2. The molecule has 0 saturated carbocycles. The molecule has 0 bridgehead atoms. The number of aromatic nitrogens is 4. The summed E-state index contributed by atoms with van der Waals surface area (Å²) in [7, 11) is 0. The molecular formula is C24H24FN7O6. The van der Waals surface area contributed by atoms with Gasteiger partial charge < -0.3 is 35.4 Å². The number of anilines is 1. The Kier molecular flexibility index (Phi) is 7.62. The summed E-state index contributed by atoms with van der Waals surface area (Å²) >= 11 is 0. The number of rotatable bonds is 9. The highest BCUT2D eigenvalue weighted by molar-refractivity contribution is 5.85. The highest BCUT2D eigenvalue weighted by Crippen LogP contribution is 2.39. The third-order valence-corrected chi connectivity index (χ3v) is 5.71. The molecule has 1 aliphatic rings. The molecular weight excluding hydrogens is 501 g/mol. The monoisotopic (exact) mass is 525 g/mol. The second kappa shape index (κ2) is 10.9. The maximum Gasteiger partial charge on any atom is 0.317 e. The third-order valence-electron chi connectivity index (χ3n) is 5.71. The van der Waals surface area contributed by atoms with Crippen LogP contribution in [0, 0.1) is 22.6 Å². The van der Waals surface area contributed by atoms with Gasteiger partial charge in [0.1, 0.15) is 17.3 Å². The summed E-state index contributed by atoms with van der Waals surface area (Å²) in [4.78, 5) is 41.2. The number of nitrogens with zero attached hydrogens (tertiary/aromatic N) is 4. The van der Waals surface area contributed by atoms with Crippen LogP contribution in [0.15, 0.2) is 36.5 Å². The highest BCUT2D eigenvalue weighted by Gasteiger charge is 2.54. The number of halogens is 1. The van der Waals surface area contributed by atoms with Crippen LogP contribution < -0.4 is 11.1 Å². The molecule has 5 N–H and O–H groups in total. The number of esters is 1. The second-order valence-corrected chi connectivity index (χ2v) is 8.58. The predicted molar refractivity (Wildman–Crippen MR) is 128 cm³/mol. The quantitative estimate of drug-likeness (QED) is 0.289. The average Bonchev–Trinajstić information content (AvgIpc) is 3.37. The van der Waals surface area contributed by atoms with Crippen molar-refractivity contribution in [3.05, 3.63) is 48.2 Å². The Hall–Kier alpha value is -4.45. The molecule has 38 heavy (non-hydrogen) atoms. The van der Waals surface area contributed by atoms with E-state index >= 15 is 0 Å². The Morgan fingerprint density at radius 1 is 1.26 bits per heavy atom. The summed E-state index contributed by atoms with van der Waals surface area (Å²) in [6, 6.07) is 8.77. The van der Waals surface area contributed by atoms with E-state index < -0.39 is 35.5 Å². The van der Waals surface area contributed by atoms with Crippen molar-refractivity contribution in [3.63, 3.8) is 0 Å². The molecule has 1 saturated heterocycles. The van der Waals surface area contributed by atoms with Crippen LogP contribution in [-0.2, 0) is 29.6 Å². The number of carbonyl (C=O) groups is 2. The number of nitrogens with two attached hydrogens (primary N) is 1. The number of H-pyrrole nitrogens is 1. The fourth-order valence-electron chi connectivity index (χ4n) is 3.67. The Labute approximate surface area is 215 Å². The van der Waals surface area contributed by atoms with Gasteiger partial charge in [-0.2, -0.15) is 5.26 Å². The number of ether oxygens (including phenoxy) is 3. The number of aromatic amines is 1. The van der Waals surface area contributed by atoms with E-state index in [1.165, 1.54) is 37.4 Å². The van der Waals surface area contributed by atoms with Crippen molar-refractivity contribution in [3.8, 4) is 28.7 Å². The first-order valence-electron chi connectivity index (χ1n) is 11.4. The van der Waals surface area contributed by atoms with Crippen molar-refractivity contribution in [1.82, 2.24) is 19.9 Å². The molecule has 1 aliphatic heterocycles. The Morgan fingerprint density at radius 2 is 1.97 bits per heavy atom. The maximum absolute atomic E-state index is 13.6. The van der Waals surface area contributed by atoms with Crippen LogP contribution in [0.25, 0.3) is 22.6 Å². The van der Waals surface area contributed by atoms with Crippen molar-refractivity contribution in [1.29, 1.82) is 5.26 Å². The molecule has 1 aromatic carbocycles. The molecule has 0 radical (unpaired) electrons. The SMILES string of the molecule is CC1(C(=O)OCC#N)COC(C(N)=O)(c2nc(-c3ccc(F)cc3)c(-c3ccnc(NCCO)n3)[nH]2)OC1. The van der Waals surface area contributed by atoms with Gasteiger partial charge in [0.15, 0.2) is 12.4 Å². The summed E-state index contributed by atoms with van der Waals surface area (Å²) in [5.74, 6) is -4.35. The van der Waals surface area contributed by atoms with Gasteiger partial charge in [-0.3, -0.25) is 9.59 Å². The van der Waals surface area contributed by atoms with Crippen LogP contribution in [-0.4, -0.2) is 69.9 Å². The number of primary amides is 1. The van der Waals surface area contributed by atoms with Gasteiger partial charge >= 0.3 is 11.8 Å². The van der Waals surface area contributed by atoms with Crippen LogP contribution >= 0.6 is 0 Å². The largest absolute Gasteiger partial charge is 0.450 e. The zero-order chi connectivity index (χ0) is 27.3. The van der Waals surface area contributed by atoms with Crippen LogP contribution in [0.4, 0.5) is 10.3 Å². The van der Waals surface area contributed by atoms with Crippen LogP contribution in [0.3, 0.4) is 0 Å². The minimum Gasteiger partial charge on any atom is -0.450 e. The second-order valence-electron chi connectivity index (χ2n) is 8.58.